The number of para-hydroxylation sites is 1. The van der Waals surface area contributed by atoms with Gasteiger partial charge < -0.3 is 10.6 Å². The maximum Gasteiger partial charge on any atom is 0.146 e. The number of hydrogen-bond acceptors (Lipinski definition) is 4. The molecule has 0 saturated carbocycles. The molecular weight excluding hydrogens is 219 g/mol. The number of nitrogens with two attached hydrogens (primary N) is 1. The molecule has 0 fully saturated rings. The van der Waals surface area contributed by atoms with Crippen molar-refractivity contribution in [2.24, 2.45) is 0 Å². The molecule has 88 valence electrons. The average Bonchev–Trinajstić information content (AvgIpc) is 2.27. The molecule has 0 saturated heterocycles. The summed E-state index contributed by atoms with van der Waals surface area (Å²) in [5.74, 6) is 1.20. The second-order valence-corrected chi connectivity index (χ2v) is 3.71. The number of nitrogens with zero attached hydrogens (tertiary/aromatic N) is 3. The molecule has 1 aromatic heterocycles. The molecule has 0 aliphatic rings. The van der Waals surface area contributed by atoms with E-state index in [9.17, 15) is 4.39 Å². The van der Waals surface area contributed by atoms with Crippen LogP contribution in [0.1, 0.15) is 5.82 Å². The average molecular weight is 232 g/mol. The minimum atomic E-state index is -0.301. The quantitative estimate of drug-likeness (QED) is 0.863. The zero-order valence-electron chi connectivity index (χ0n) is 9.68. The first kappa shape index (κ1) is 11.3. The Labute approximate surface area is 98.9 Å². The summed E-state index contributed by atoms with van der Waals surface area (Å²) in [6, 6.07) is 8.12. The van der Waals surface area contributed by atoms with Crippen LogP contribution in [0, 0.1) is 12.7 Å². The lowest BCUT2D eigenvalue weighted by molar-refractivity contribution is 0.627. The fraction of sp³-hybridized carbons (Fsp3) is 0.167. The van der Waals surface area contributed by atoms with Gasteiger partial charge in [0, 0.05) is 13.1 Å². The Bertz CT molecular complexity index is 522. The van der Waals surface area contributed by atoms with Crippen molar-refractivity contribution >= 4 is 17.3 Å². The van der Waals surface area contributed by atoms with Crippen LogP contribution in [0.25, 0.3) is 0 Å². The molecule has 17 heavy (non-hydrogen) atoms. The van der Waals surface area contributed by atoms with Crippen LogP contribution in [0.5, 0.6) is 0 Å². The molecule has 0 amide bonds. The Morgan fingerprint density at radius 3 is 2.59 bits per heavy atom. The SMILES string of the molecule is Cc1nc(N)cc(N(C)c2ccccc2F)n1. The third-order valence-corrected chi connectivity index (χ3v) is 2.40. The lowest BCUT2D eigenvalue weighted by Crippen LogP contribution is -2.14. The van der Waals surface area contributed by atoms with Crippen LogP contribution in [-0.2, 0) is 0 Å². The summed E-state index contributed by atoms with van der Waals surface area (Å²) in [4.78, 5) is 9.84. The van der Waals surface area contributed by atoms with Crippen molar-refractivity contribution in [3.8, 4) is 0 Å². The maximum absolute atomic E-state index is 13.6. The number of nitrogen functional groups attached to an aromatic ring is 1. The van der Waals surface area contributed by atoms with Crippen LogP contribution in [0.2, 0.25) is 0 Å². The normalized spacial score (nSPS) is 10.3. The first-order chi connectivity index (χ1) is 8.08. The summed E-state index contributed by atoms with van der Waals surface area (Å²) in [6.07, 6.45) is 0. The number of halogens is 1. The first-order valence-electron chi connectivity index (χ1n) is 5.17. The highest BCUT2D eigenvalue weighted by Gasteiger charge is 2.10. The van der Waals surface area contributed by atoms with Crippen LogP contribution >= 0.6 is 0 Å². The van der Waals surface area contributed by atoms with E-state index in [0.717, 1.165) is 0 Å². The molecule has 5 heteroatoms. The monoisotopic (exact) mass is 232 g/mol. The van der Waals surface area contributed by atoms with E-state index in [1.54, 1.807) is 43.1 Å². The predicted octanol–water partition coefficient (Wildman–Crippen LogP) is 2.27. The lowest BCUT2D eigenvalue weighted by Gasteiger charge is -2.19. The molecule has 0 bridgehead atoms. The smallest absolute Gasteiger partial charge is 0.146 e. The topological polar surface area (TPSA) is 55.0 Å². The van der Waals surface area contributed by atoms with E-state index in [-0.39, 0.29) is 5.82 Å². The van der Waals surface area contributed by atoms with Crippen LogP contribution < -0.4 is 10.6 Å². The maximum atomic E-state index is 13.6. The molecule has 2 aromatic rings. The third kappa shape index (κ3) is 2.33. The number of aromatic nitrogens is 2. The molecule has 0 spiro atoms. The van der Waals surface area contributed by atoms with E-state index in [4.69, 9.17) is 5.73 Å². The highest BCUT2D eigenvalue weighted by atomic mass is 19.1. The Kier molecular flexibility index (Phi) is 2.91. The van der Waals surface area contributed by atoms with Crippen molar-refractivity contribution in [1.29, 1.82) is 0 Å². The van der Waals surface area contributed by atoms with Crippen LogP contribution in [-0.4, -0.2) is 17.0 Å². The van der Waals surface area contributed by atoms with Crippen molar-refractivity contribution in [3.05, 3.63) is 42.0 Å². The van der Waals surface area contributed by atoms with Crippen molar-refractivity contribution in [2.45, 2.75) is 6.92 Å². The third-order valence-electron chi connectivity index (χ3n) is 2.40. The molecule has 0 unspecified atom stereocenters. The fourth-order valence-electron chi connectivity index (χ4n) is 1.59. The Morgan fingerprint density at radius 2 is 1.94 bits per heavy atom. The van der Waals surface area contributed by atoms with Gasteiger partial charge in [-0.05, 0) is 19.1 Å². The van der Waals surface area contributed by atoms with Gasteiger partial charge in [-0.2, -0.15) is 0 Å². The van der Waals surface area contributed by atoms with E-state index in [1.807, 2.05) is 0 Å². The van der Waals surface area contributed by atoms with Crippen LogP contribution in [0.15, 0.2) is 30.3 Å². The van der Waals surface area contributed by atoms with Crippen LogP contribution in [0.3, 0.4) is 0 Å². The molecule has 0 radical (unpaired) electrons. The molecular formula is C12H13FN4. The van der Waals surface area contributed by atoms with Crippen molar-refractivity contribution < 1.29 is 4.39 Å². The summed E-state index contributed by atoms with van der Waals surface area (Å²) < 4.78 is 13.6. The van der Waals surface area contributed by atoms with Gasteiger partial charge in [0.15, 0.2) is 0 Å². The second-order valence-electron chi connectivity index (χ2n) is 3.71. The van der Waals surface area contributed by atoms with Crippen molar-refractivity contribution in [2.75, 3.05) is 17.7 Å². The Balaban J connectivity index is 2.43. The van der Waals surface area contributed by atoms with Gasteiger partial charge in [-0.3, -0.25) is 0 Å². The molecule has 1 aromatic carbocycles. The van der Waals surface area contributed by atoms with Gasteiger partial charge in [-0.15, -0.1) is 0 Å². The summed E-state index contributed by atoms with van der Waals surface area (Å²) in [7, 11) is 1.74. The zero-order valence-corrected chi connectivity index (χ0v) is 9.68. The largest absolute Gasteiger partial charge is 0.384 e. The van der Waals surface area contributed by atoms with Crippen LogP contribution in [0.4, 0.5) is 21.7 Å². The van der Waals surface area contributed by atoms with Crippen molar-refractivity contribution in [3.63, 3.8) is 0 Å². The number of hydrogen-bond donors (Lipinski definition) is 1. The van der Waals surface area contributed by atoms with Gasteiger partial charge in [0.2, 0.25) is 0 Å². The highest BCUT2D eigenvalue weighted by Crippen LogP contribution is 2.25. The zero-order chi connectivity index (χ0) is 12.4. The van der Waals surface area contributed by atoms with Gasteiger partial charge in [-0.1, -0.05) is 12.1 Å². The minimum absolute atomic E-state index is 0.301. The summed E-state index contributed by atoms with van der Waals surface area (Å²) >= 11 is 0. The number of aryl methyl sites for hydroxylation is 1. The number of anilines is 3. The Morgan fingerprint density at radius 1 is 1.24 bits per heavy atom. The second kappa shape index (κ2) is 4.37. The fourth-order valence-corrected chi connectivity index (χ4v) is 1.59. The summed E-state index contributed by atoms with van der Waals surface area (Å²) in [6.45, 7) is 1.75. The molecule has 0 aliphatic heterocycles. The highest BCUT2D eigenvalue weighted by molar-refractivity contribution is 5.61. The van der Waals surface area contributed by atoms with E-state index in [2.05, 4.69) is 9.97 Å². The van der Waals surface area contributed by atoms with Gasteiger partial charge in [0.25, 0.3) is 0 Å². The summed E-state index contributed by atoms with van der Waals surface area (Å²) in [5, 5.41) is 0. The van der Waals surface area contributed by atoms with Gasteiger partial charge in [-0.25, -0.2) is 14.4 Å². The molecule has 2 N–H and O–H groups in total. The van der Waals surface area contributed by atoms with Gasteiger partial charge in [0.05, 0.1) is 5.69 Å². The predicted molar refractivity (Wildman–Crippen MR) is 65.6 cm³/mol. The van der Waals surface area contributed by atoms with E-state index in [1.165, 1.54) is 6.07 Å². The molecule has 2 rings (SSSR count). The molecule has 0 atom stereocenters. The lowest BCUT2D eigenvalue weighted by atomic mass is 10.3. The standard InChI is InChI=1S/C12H13FN4/c1-8-15-11(14)7-12(16-8)17(2)10-6-4-3-5-9(10)13/h3-7H,1-2H3,(H2,14,15,16). The molecule has 4 nitrogen and oxygen atoms in total. The van der Waals surface area contributed by atoms with Crippen molar-refractivity contribution in [1.82, 2.24) is 9.97 Å². The number of benzene rings is 1. The summed E-state index contributed by atoms with van der Waals surface area (Å²) in [5.41, 5.74) is 6.09. The van der Waals surface area contributed by atoms with E-state index in [0.29, 0.717) is 23.1 Å². The Hall–Kier alpha value is -2.17. The minimum Gasteiger partial charge on any atom is -0.384 e. The van der Waals surface area contributed by atoms with E-state index < -0.39 is 0 Å². The first-order valence-corrected chi connectivity index (χ1v) is 5.17. The molecule has 0 aliphatic carbocycles. The van der Waals surface area contributed by atoms with Gasteiger partial charge >= 0.3 is 0 Å². The van der Waals surface area contributed by atoms with E-state index >= 15 is 0 Å². The van der Waals surface area contributed by atoms with Gasteiger partial charge in [0.1, 0.15) is 23.3 Å². The molecule has 1 heterocycles. The number of rotatable bonds is 2.